The Labute approximate surface area is 150 Å². The van der Waals surface area contributed by atoms with Gasteiger partial charge in [0.1, 0.15) is 12.3 Å². The summed E-state index contributed by atoms with van der Waals surface area (Å²) in [5.74, 6) is 1.52. The lowest BCUT2D eigenvalue weighted by Crippen LogP contribution is -2.47. The number of rotatable bonds is 4. The second kappa shape index (κ2) is 6.12. The summed E-state index contributed by atoms with van der Waals surface area (Å²) in [6.07, 6.45) is 1.06. The number of nitrogens with zero attached hydrogens (tertiary/aromatic N) is 3. The van der Waals surface area contributed by atoms with E-state index in [0.717, 1.165) is 4.90 Å². The van der Waals surface area contributed by atoms with Crippen LogP contribution in [0.2, 0.25) is 0 Å². The third kappa shape index (κ3) is 2.61. The maximum absolute atomic E-state index is 13.1. The molecule has 2 aliphatic heterocycles. The molecule has 1 atom stereocenters. The number of fused-ring (bicyclic) bond motifs is 2. The quantitative estimate of drug-likeness (QED) is 0.842. The maximum atomic E-state index is 13.1. The second-order valence-electron chi connectivity index (χ2n) is 7.02. The van der Waals surface area contributed by atoms with Crippen LogP contribution in [-0.2, 0) is 23.3 Å². The molecule has 1 unspecified atom stereocenters. The number of benzene rings is 1. The summed E-state index contributed by atoms with van der Waals surface area (Å²) in [7, 11) is 0. The van der Waals surface area contributed by atoms with E-state index < -0.39 is 11.6 Å². The Bertz CT molecular complexity index is 862. The molecule has 2 aliphatic rings. The number of nitrogens with one attached hydrogen (secondary N) is 1. The monoisotopic (exact) mass is 356 g/mol. The molecule has 8 heteroatoms. The Hall–Kier alpha value is -2.90. The molecular formula is C18H20N4O4. The Morgan fingerprint density at radius 1 is 1.31 bits per heavy atom. The van der Waals surface area contributed by atoms with Gasteiger partial charge in [-0.05, 0) is 12.0 Å². The number of hydrogen-bond donors (Lipinski definition) is 1. The number of carbonyl (C=O) groups is 2. The van der Waals surface area contributed by atoms with Gasteiger partial charge >= 0.3 is 6.03 Å². The molecular weight excluding hydrogens is 336 g/mol. The van der Waals surface area contributed by atoms with Crippen molar-refractivity contribution in [2.75, 3.05) is 6.61 Å². The number of ether oxygens (including phenoxy) is 1. The second-order valence-corrected chi connectivity index (χ2v) is 7.02. The topological polar surface area (TPSA) is 97.6 Å². The zero-order chi connectivity index (χ0) is 18.3. The van der Waals surface area contributed by atoms with Crippen LogP contribution in [0.4, 0.5) is 4.79 Å². The zero-order valence-corrected chi connectivity index (χ0v) is 14.7. The summed E-state index contributed by atoms with van der Waals surface area (Å²) in [5.41, 5.74) is -0.412. The summed E-state index contributed by atoms with van der Waals surface area (Å²) in [6.45, 7) is 4.43. The fourth-order valence-corrected chi connectivity index (χ4v) is 3.45. The molecule has 0 saturated carbocycles. The molecule has 1 fully saturated rings. The van der Waals surface area contributed by atoms with Gasteiger partial charge in [0.05, 0.1) is 6.61 Å². The smallest absolute Gasteiger partial charge is 0.325 e. The molecule has 3 amide bonds. The molecule has 0 aliphatic carbocycles. The van der Waals surface area contributed by atoms with E-state index in [-0.39, 0.29) is 18.3 Å². The van der Waals surface area contributed by atoms with E-state index in [0.29, 0.717) is 42.5 Å². The molecule has 1 aromatic carbocycles. The largest absolute Gasteiger partial charge is 0.493 e. The van der Waals surface area contributed by atoms with Crippen molar-refractivity contribution >= 4 is 11.9 Å². The highest BCUT2D eigenvalue weighted by molar-refractivity contribution is 6.07. The molecule has 0 radical (unpaired) electrons. The van der Waals surface area contributed by atoms with Crippen molar-refractivity contribution in [3.63, 3.8) is 0 Å². The molecule has 1 aromatic heterocycles. The number of aromatic nitrogens is 2. The molecule has 4 rings (SSSR count). The van der Waals surface area contributed by atoms with Crippen LogP contribution < -0.4 is 10.1 Å². The maximum Gasteiger partial charge on any atom is 0.325 e. The minimum Gasteiger partial charge on any atom is -0.493 e. The summed E-state index contributed by atoms with van der Waals surface area (Å²) in [4.78, 5) is 31.1. The van der Waals surface area contributed by atoms with Crippen LogP contribution in [-0.4, -0.2) is 33.6 Å². The Balaban J connectivity index is 1.60. The Kier molecular flexibility index (Phi) is 3.90. The van der Waals surface area contributed by atoms with Crippen molar-refractivity contribution in [1.29, 1.82) is 0 Å². The molecule has 0 bridgehead atoms. The van der Waals surface area contributed by atoms with E-state index in [4.69, 9.17) is 9.26 Å². The fraction of sp³-hybridized carbons (Fsp3) is 0.444. The highest BCUT2D eigenvalue weighted by Gasteiger charge is 2.55. The molecule has 8 nitrogen and oxygen atoms in total. The summed E-state index contributed by atoms with van der Waals surface area (Å²) < 4.78 is 10.8. The van der Waals surface area contributed by atoms with Crippen LogP contribution in [0.25, 0.3) is 0 Å². The van der Waals surface area contributed by atoms with Gasteiger partial charge in [-0.2, -0.15) is 4.98 Å². The van der Waals surface area contributed by atoms with Crippen LogP contribution in [0.5, 0.6) is 5.75 Å². The third-order valence-electron chi connectivity index (χ3n) is 4.65. The van der Waals surface area contributed by atoms with Gasteiger partial charge in [-0.15, -0.1) is 0 Å². The lowest BCUT2D eigenvalue weighted by atomic mass is 9.84. The van der Waals surface area contributed by atoms with Crippen molar-refractivity contribution in [2.45, 2.75) is 38.8 Å². The molecule has 1 N–H and O–H groups in total. The minimum atomic E-state index is -1.09. The van der Waals surface area contributed by atoms with Gasteiger partial charge < -0.3 is 14.6 Å². The van der Waals surface area contributed by atoms with E-state index in [1.54, 1.807) is 6.07 Å². The van der Waals surface area contributed by atoms with Gasteiger partial charge in [0.25, 0.3) is 5.91 Å². The van der Waals surface area contributed by atoms with E-state index in [1.165, 1.54) is 0 Å². The number of amides is 3. The van der Waals surface area contributed by atoms with Gasteiger partial charge in [0.15, 0.2) is 11.4 Å². The molecule has 1 saturated heterocycles. The number of hydrogen-bond acceptors (Lipinski definition) is 6. The number of para-hydroxylation sites is 1. The standard InChI is InChI=1S/C18H20N4O4/c1-11(2)9-14-19-15(26-21-14)10-22-16(23)18(20-17(22)24)7-8-25-13-6-4-3-5-12(13)18/h3-6,11H,7-10H2,1-2H3,(H,20,24). The van der Waals surface area contributed by atoms with E-state index in [9.17, 15) is 9.59 Å². The SMILES string of the molecule is CC(C)Cc1noc(CN2C(=O)NC3(CCOc4ccccc43)C2=O)n1. The Morgan fingerprint density at radius 3 is 2.92 bits per heavy atom. The summed E-state index contributed by atoms with van der Waals surface area (Å²) in [6, 6.07) is 6.81. The molecule has 26 heavy (non-hydrogen) atoms. The van der Waals surface area contributed by atoms with E-state index in [2.05, 4.69) is 29.3 Å². The lowest BCUT2D eigenvalue weighted by molar-refractivity contribution is -0.133. The number of urea groups is 1. The van der Waals surface area contributed by atoms with Gasteiger partial charge in [-0.25, -0.2) is 4.79 Å². The summed E-state index contributed by atoms with van der Waals surface area (Å²) >= 11 is 0. The van der Waals surface area contributed by atoms with Crippen molar-refractivity contribution in [2.24, 2.45) is 5.92 Å². The first-order valence-electron chi connectivity index (χ1n) is 8.67. The molecule has 2 aromatic rings. The normalized spacial score (nSPS) is 21.9. The summed E-state index contributed by atoms with van der Waals surface area (Å²) in [5, 5.41) is 6.76. The van der Waals surface area contributed by atoms with Crippen molar-refractivity contribution in [3.05, 3.63) is 41.5 Å². The van der Waals surface area contributed by atoms with Crippen LogP contribution in [0.1, 0.15) is 37.5 Å². The minimum absolute atomic E-state index is 0.0411. The lowest BCUT2D eigenvalue weighted by Gasteiger charge is -2.33. The van der Waals surface area contributed by atoms with Crippen LogP contribution in [0.3, 0.4) is 0 Å². The average Bonchev–Trinajstić information content (AvgIpc) is 3.13. The van der Waals surface area contributed by atoms with Crippen molar-refractivity contribution in [3.8, 4) is 5.75 Å². The number of carbonyl (C=O) groups excluding carboxylic acids is 2. The first kappa shape index (κ1) is 16.6. The van der Waals surface area contributed by atoms with Gasteiger partial charge in [0.2, 0.25) is 5.89 Å². The highest BCUT2D eigenvalue weighted by Crippen LogP contribution is 2.41. The molecule has 3 heterocycles. The zero-order valence-electron chi connectivity index (χ0n) is 14.7. The van der Waals surface area contributed by atoms with E-state index in [1.807, 2.05) is 18.2 Å². The molecule has 1 spiro atoms. The Morgan fingerprint density at radius 2 is 2.12 bits per heavy atom. The predicted molar refractivity (Wildman–Crippen MR) is 90.2 cm³/mol. The predicted octanol–water partition coefficient (Wildman–Crippen LogP) is 2.00. The average molecular weight is 356 g/mol. The first-order chi connectivity index (χ1) is 12.5. The fourth-order valence-electron chi connectivity index (χ4n) is 3.45. The van der Waals surface area contributed by atoms with Crippen LogP contribution in [0.15, 0.2) is 28.8 Å². The first-order valence-corrected chi connectivity index (χ1v) is 8.67. The highest BCUT2D eigenvalue weighted by atomic mass is 16.5. The van der Waals surface area contributed by atoms with Gasteiger partial charge in [0, 0.05) is 18.4 Å². The third-order valence-corrected chi connectivity index (χ3v) is 4.65. The van der Waals surface area contributed by atoms with Crippen molar-refractivity contribution < 1.29 is 18.8 Å². The van der Waals surface area contributed by atoms with Gasteiger partial charge in [-0.1, -0.05) is 37.2 Å². The van der Waals surface area contributed by atoms with Crippen LogP contribution >= 0.6 is 0 Å². The van der Waals surface area contributed by atoms with Crippen molar-refractivity contribution in [1.82, 2.24) is 20.4 Å². The number of imide groups is 1. The van der Waals surface area contributed by atoms with Gasteiger partial charge in [-0.3, -0.25) is 9.69 Å². The van der Waals surface area contributed by atoms with Crippen LogP contribution in [0, 0.1) is 5.92 Å². The molecule has 136 valence electrons. The van der Waals surface area contributed by atoms with E-state index >= 15 is 0 Å².